The van der Waals surface area contributed by atoms with E-state index in [1.165, 1.54) is 6.26 Å². The number of nitrogens with one attached hydrogen (secondary N) is 1. The van der Waals surface area contributed by atoms with E-state index in [2.05, 4.69) is 9.85 Å². The number of nitrogens with zero attached hydrogens (tertiary/aromatic N) is 3. The zero-order valence-corrected chi connectivity index (χ0v) is 6.86. The zero-order chi connectivity index (χ0) is 10.1. The van der Waals surface area contributed by atoms with Crippen LogP contribution in [0.25, 0.3) is 0 Å². The Morgan fingerprint density at radius 1 is 1.62 bits per heavy atom. The molecule has 0 fully saturated rings. The first kappa shape index (κ1) is 11.1. The van der Waals surface area contributed by atoms with Crippen molar-refractivity contribution in [1.82, 2.24) is 0 Å². The van der Waals surface area contributed by atoms with E-state index in [9.17, 15) is 4.79 Å². The Bertz CT molecular complexity index is 263. The number of carbonyl (C=O) groups excluding carboxylic acids is 1. The molecule has 6 nitrogen and oxygen atoms in total. The van der Waals surface area contributed by atoms with Crippen LogP contribution in [0.3, 0.4) is 0 Å². The highest BCUT2D eigenvalue weighted by atomic mass is 16.5. The molecular formula is C7H8N4O2. The van der Waals surface area contributed by atoms with Crippen LogP contribution in [0, 0.1) is 28.4 Å². The summed E-state index contributed by atoms with van der Waals surface area (Å²) in [5, 5.41) is 19.4. The molecule has 1 unspecified atom stereocenters. The van der Waals surface area contributed by atoms with Gasteiger partial charge in [-0.2, -0.15) is 10.4 Å². The fraction of sp³-hybridized carbons (Fsp3) is 0.571. The molecule has 0 bridgehead atoms. The monoisotopic (exact) mass is 180 g/mol. The number of hydrogen-bond acceptors (Lipinski definition) is 6. The summed E-state index contributed by atoms with van der Waals surface area (Å²) in [5.74, 6) is -0.658. The number of ether oxygens (including phenoxy) is 1. The Morgan fingerprint density at radius 3 is 2.77 bits per heavy atom. The SMILES string of the molecule is N#CCC(CCC(=O)OC#N)N=N. The molecule has 0 saturated heterocycles. The summed E-state index contributed by atoms with van der Waals surface area (Å²) in [5.41, 5.74) is 6.67. The molecule has 0 radical (unpaired) electrons. The second kappa shape index (κ2) is 6.74. The first-order valence-electron chi connectivity index (χ1n) is 3.56. The van der Waals surface area contributed by atoms with Crippen molar-refractivity contribution >= 4 is 5.97 Å². The Kier molecular flexibility index (Phi) is 5.73. The van der Waals surface area contributed by atoms with Gasteiger partial charge in [0.25, 0.3) is 6.26 Å². The Morgan fingerprint density at radius 2 is 2.31 bits per heavy atom. The van der Waals surface area contributed by atoms with Crippen molar-refractivity contribution < 1.29 is 9.53 Å². The van der Waals surface area contributed by atoms with Gasteiger partial charge in [0.15, 0.2) is 0 Å². The molecule has 68 valence electrons. The highest BCUT2D eigenvalue weighted by Crippen LogP contribution is 2.06. The fourth-order valence-electron chi connectivity index (χ4n) is 0.704. The van der Waals surface area contributed by atoms with Crippen LogP contribution in [0.15, 0.2) is 5.11 Å². The number of rotatable bonds is 5. The third-order valence-electron chi connectivity index (χ3n) is 1.35. The summed E-state index contributed by atoms with van der Waals surface area (Å²) in [7, 11) is 0. The molecule has 0 spiro atoms. The van der Waals surface area contributed by atoms with Crippen LogP contribution in [-0.4, -0.2) is 12.0 Å². The zero-order valence-electron chi connectivity index (χ0n) is 6.86. The highest BCUT2D eigenvalue weighted by molar-refractivity contribution is 5.70. The van der Waals surface area contributed by atoms with Gasteiger partial charge in [-0.1, -0.05) is 0 Å². The average molecular weight is 180 g/mol. The van der Waals surface area contributed by atoms with Gasteiger partial charge in [0.2, 0.25) is 0 Å². The first-order valence-corrected chi connectivity index (χ1v) is 3.56. The molecule has 0 aromatic carbocycles. The summed E-state index contributed by atoms with van der Waals surface area (Å²) < 4.78 is 4.00. The third kappa shape index (κ3) is 5.33. The van der Waals surface area contributed by atoms with Crippen LogP contribution in [0.4, 0.5) is 0 Å². The minimum atomic E-state index is -0.658. The van der Waals surface area contributed by atoms with Gasteiger partial charge in [-0.3, -0.25) is 4.79 Å². The lowest BCUT2D eigenvalue weighted by atomic mass is 10.1. The molecule has 0 aromatic rings. The summed E-state index contributed by atoms with van der Waals surface area (Å²) in [4.78, 5) is 10.6. The third-order valence-corrected chi connectivity index (χ3v) is 1.35. The van der Waals surface area contributed by atoms with E-state index >= 15 is 0 Å². The number of carbonyl (C=O) groups is 1. The number of esters is 1. The summed E-state index contributed by atoms with van der Waals surface area (Å²) in [6.07, 6.45) is 1.61. The van der Waals surface area contributed by atoms with E-state index in [1.807, 2.05) is 6.07 Å². The van der Waals surface area contributed by atoms with E-state index in [0.29, 0.717) is 0 Å². The second-order valence-electron chi connectivity index (χ2n) is 2.25. The van der Waals surface area contributed by atoms with Crippen LogP contribution in [0.1, 0.15) is 19.3 Å². The quantitative estimate of drug-likeness (QED) is 0.388. The maximum atomic E-state index is 10.6. The Hall–Kier alpha value is -1.95. The van der Waals surface area contributed by atoms with Crippen LogP contribution in [-0.2, 0) is 9.53 Å². The molecule has 0 heterocycles. The fourth-order valence-corrected chi connectivity index (χ4v) is 0.704. The lowest BCUT2D eigenvalue weighted by Gasteiger charge is -2.02. The van der Waals surface area contributed by atoms with Gasteiger partial charge >= 0.3 is 5.97 Å². The van der Waals surface area contributed by atoms with Crippen molar-refractivity contribution in [3.8, 4) is 12.3 Å². The minimum Gasteiger partial charge on any atom is -0.351 e. The van der Waals surface area contributed by atoms with Crippen molar-refractivity contribution in [3.63, 3.8) is 0 Å². The van der Waals surface area contributed by atoms with Crippen LogP contribution in [0.5, 0.6) is 0 Å². The van der Waals surface area contributed by atoms with Crippen LogP contribution < -0.4 is 0 Å². The number of hydrogen-bond donors (Lipinski definition) is 1. The smallest absolute Gasteiger partial charge is 0.321 e. The molecule has 13 heavy (non-hydrogen) atoms. The molecule has 0 aliphatic heterocycles. The van der Waals surface area contributed by atoms with Gasteiger partial charge in [0, 0.05) is 6.42 Å². The van der Waals surface area contributed by atoms with Crippen molar-refractivity contribution in [1.29, 1.82) is 16.1 Å². The normalized spacial score (nSPS) is 10.6. The summed E-state index contributed by atoms with van der Waals surface area (Å²) in [6, 6.07) is 1.37. The van der Waals surface area contributed by atoms with Gasteiger partial charge in [0.1, 0.15) is 0 Å². The minimum absolute atomic E-state index is 0.00227. The van der Waals surface area contributed by atoms with E-state index < -0.39 is 12.0 Å². The van der Waals surface area contributed by atoms with Gasteiger partial charge < -0.3 is 4.74 Å². The van der Waals surface area contributed by atoms with Gasteiger partial charge in [-0.25, -0.2) is 5.53 Å². The average Bonchev–Trinajstić information content (AvgIpc) is 2.12. The molecule has 0 aliphatic rings. The maximum absolute atomic E-state index is 10.6. The first-order chi connectivity index (χ1) is 6.24. The standard InChI is InChI=1S/C7H8N4O2/c8-4-3-6(11-10)1-2-7(12)13-5-9/h6,10H,1-3H2. The lowest BCUT2D eigenvalue weighted by molar-refractivity contribution is -0.137. The largest absolute Gasteiger partial charge is 0.351 e. The molecule has 0 rings (SSSR count). The van der Waals surface area contributed by atoms with Gasteiger partial charge in [-0.15, -0.1) is 5.26 Å². The highest BCUT2D eigenvalue weighted by Gasteiger charge is 2.10. The van der Waals surface area contributed by atoms with Crippen LogP contribution in [0.2, 0.25) is 0 Å². The molecule has 0 amide bonds. The predicted molar refractivity (Wildman–Crippen MR) is 40.1 cm³/mol. The lowest BCUT2D eigenvalue weighted by Crippen LogP contribution is -2.07. The maximum Gasteiger partial charge on any atom is 0.321 e. The molecule has 0 saturated carbocycles. The van der Waals surface area contributed by atoms with Crippen LogP contribution >= 0.6 is 0 Å². The molecule has 1 atom stereocenters. The van der Waals surface area contributed by atoms with E-state index in [-0.39, 0.29) is 19.3 Å². The van der Waals surface area contributed by atoms with Gasteiger partial charge in [-0.05, 0) is 6.42 Å². The van der Waals surface area contributed by atoms with E-state index in [4.69, 9.17) is 16.1 Å². The van der Waals surface area contributed by atoms with Crippen molar-refractivity contribution in [2.45, 2.75) is 25.3 Å². The summed E-state index contributed by atoms with van der Waals surface area (Å²) >= 11 is 0. The Labute approximate surface area is 75.2 Å². The van der Waals surface area contributed by atoms with Crippen molar-refractivity contribution in [3.05, 3.63) is 0 Å². The molecule has 6 heteroatoms. The Balaban J connectivity index is 3.74. The molecular weight excluding hydrogens is 172 g/mol. The molecule has 0 aliphatic carbocycles. The van der Waals surface area contributed by atoms with Gasteiger partial charge in [0.05, 0.1) is 18.5 Å². The van der Waals surface area contributed by atoms with E-state index in [0.717, 1.165) is 0 Å². The molecule has 0 aromatic heterocycles. The molecule has 1 N–H and O–H groups in total. The summed E-state index contributed by atoms with van der Waals surface area (Å²) in [6.45, 7) is 0. The second-order valence-corrected chi connectivity index (χ2v) is 2.25. The van der Waals surface area contributed by atoms with Crippen molar-refractivity contribution in [2.24, 2.45) is 5.11 Å². The predicted octanol–water partition coefficient (Wildman–Crippen LogP) is 1.10. The topological polar surface area (TPSA) is 110 Å². The van der Waals surface area contributed by atoms with Crippen molar-refractivity contribution in [2.75, 3.05) is 0 Å². The number of nitriles is 2. The van der Waals surface area contributed by atoms with E-state index in [1.54, 1.807) is 0 Å².